The number of aromatic nitrogens is 2. The lowest BCUT2D eigenvalue weighted by molar-refractivity contribution is 0.432. The van der Waals surface area contributed by atoms with Gasteiger partial charge in [0.2, 0.25) is 5.82 Å². The maximum absolute atomic E-state index is 6.10. The van der Waals surface area contributed by atoms with E-state index in [-0.39, 0.29) is 0 Å². The average molecular weight is 272 g/mol. The van der Waals surface area contributed by atoms with Crippen LogP contribution >= 0.6 is 11.6 Å². The van der Waals surface area contributed by atoms with Gasteiger partial charge in [-0.25, -0.2) is 0 Å². The Balaban J connectivity index is 2.00. The molecule has 2 N–H and O–H groups in total. The summed E-state index contributed by atoms with van der Waals surface area (Å²) in [6.07, 6.45) is 0. The average Bonchev–Trinajstić information content (AvgIpc) is 2.89. The Morgan fingerprint density at radius 2 is 1.74 bits per heavy atom. The van der Waals surface area contributed by atoms with Crippen LogP contribution in [-0.2, 0) is 0 Å². The minimum atomic E-state index is 0.440. The first-order valence-corrected chi connectivity index (χ1v) is 6.06. The smallest absolute Gasteiger partial charge is 0.258 e. The summed E-state index contributed by atoms with van der Waals surface area (Å²) in [5.74, 6) is 0.910. The van der Waals surface area contributed by atoms with Gasteiger partial charge in [-0.2, -0.15) is 4.98 Å². The van der Waals surface area contributed by atoms with E-state index in [1.165, 1.54) is 0 Å². The molecule has 0 aliphatic heterocycles. The summed E-state index contributed by atoms with van der Waals surface area (Å²) >= 11 is 6.10. The summed E-state index contributed by atoms with van der Waals surface area (Å²) in [6, 6.07) is 14.6. The van der Waals surface area contributed by atoms with E-state index >= 15 is 0 Å². The van der Waals surface area contributed by atoms with Gasteiger partial charge in [0.15, 0.2) is 0 Å². The first-order valence-electron chi connectivity index (χ1n) is 5.68. The molecule has 0 spiro atoms. The van der Waals surface area contributed by atoms with Crippen LogP contribution in [0.15, 0.2) is 53.1 Å². The molecule has 0 bridgehead atoms. The molecule has 3 aromatic rings. The summed E-state index contributed by atoms with van der Waals surface area (Å²) in [5.41, 5.74) is 7.89. The summed E-state index contributed by atoms with van der Waals surface area (Å²) in [4.78, 5) is 4.34. The number of nitrogens with two attached hydrogens (primary N) is 1. The minimum Gasteiger partial charge on any atom is -0.399 e. The maximum Gasteiger partial charge on any atom is 0.258 e. The number of hydrogen-bond acceptors (Lipinski definition) is 4. The van der Waals surface area contributed by atoms with Gasteiger partial charge in [0.05, 0.1) is 5.02 Å². The predicted molar refractivity (Wildman–Crippen MR) is 74.6 cm³/mol. The van der Waals surface area contributed by atoms with Gasteiger partial charge in [0.1, 0.15) is 0 Å². The molecule has 0 saturated heterocycles. The standard InChI is InChI=1S/C14H10ClN3O/c15-12-4-2-1-3-11(12)13-17-14(19-18-13)9-5-7-10(16)8-6-9/h1-8H,16H2. The van der Waals surface area contributed by atoms with Crippen LogP contribution in [0, 0.1) is 0 Å². The van der Waals surface area contributed by atoms with Crippen molar-refractivity contribution >= 4 is 17.3 Å². The molecule has 3 rings (SSSR count). The van der Waals surface area contributed by atoms with Crippen LogP contribution < -0.4 is 5.73 Å². The second kappa shape index (κ2) is 4.74. The highest BCUT2D eigenvalue weighted by Crippen LogP contribution is 2.27. The second-order valence-electron chi connectivity index (χ2n) is 4.02. The molecule has 19 heavy (non-hydrogen) atoms. The van der Waals surface area contributed by atoms with Gasteiger partial charge in [0, 0.05) is 16.8 Å². The first-order chi connectivity index (χ1) is 9.24. The number of rotatable bonds is 2. The Bertz CT molecular complexity index is 707. The van der Waals surface area contributed by atoms with E-state index in [1.807, 2.05) is 30.3 Å². The first kappa shape index (κ1) is 11.7. The Kier molecular flexibility index (Phi) is 2.93. The number of benzene rings is 2. The molecule has 4 nitrogen and oxygen atoms in total. The Labute approximate surface area is 114 Å². The summed E-state index contributed by atoms with van der Waals surface area (Å²) in [5, 5.41) is 4.53. The summed E-state index contributed by atoms with van der Waals surface area (Å²) < 4.78 is 5.24. The minimum absolute atomic E-state index is 0.440. The van der Waals surface area contributed by atoms with Crippen LogP contribution in [0.2, 0.25) is 5.02 Å². The Morgan fingerprint density at radius 1 is 1.00 bits per heavy atom. The third-order valence-corrected chi connectivity index (χ3v) is 3.03. The molecule has 0 fully saturated rings. The largest absolute Gasteiger partial charge is 0.399 e. The topological polar surface area (TPSA) is 64.9 Å². The number of nitrogens with zero attached hydrogens (tertiary/aromatic N) is 2. The zero-order valence-corrected chi connectivity index (χ0v) is 10.6. The normalized spacial score (nSPS) is 10.6. The molecule has 1 heterocycles. The molecule has 0 unspecified atom stereocenters. The highest BCUT2D eigenvalue weighted by atomic mass is 35.5. The Morgan fingerprint density at radius 3 is 2.47 bits per heavy atom. The van der Waals surface area contributed by atoms with Crippen LogP contribution in [0.25, 0.3) is 22.8 Å². The fraction of sp³-hybridized carbons (Fsp3) is 0. The van der Waals surface area contributed by atoms with E-state index in [0.717, 1.165) is 11.1 Å². The van der Waals surface area contributed by atoms with Crippen LogP contribution in [0.5, 0.6) is 0 Å². The Hall–Kier alpha value is -2.33. The molecule has 2 aromatic carbocycles. The molecule has 94 valence electrons. The lowest BCUT2D eigenvalue weighted by Gasteiger charge is -1.96. The highest BCUT2D eigenvalue weighted by Gasteiger charge is 2.12. The monoisotopic (exact) mass is 271 g/mol. The molecular formula is C14H10ClN3O. The molecule has 0 aliphatic rings. The van der Waals surface area contributed by atoms with E-state index in [2.05, 4.69) is 10.1 Å². The van der Waals surface area contributed by atoms with E-state index in [0.29, 0.717) is 22.4 Å². The number of anilines is 1. The van der Waals surface area contributed by atoms with E-state index in [1.54, 1.807) is 18.2 Å². The van der Waals surface area contributed by atoms with Gasteiger partial charge < -0.3 is 10.3 Å². The molecule has 0 atom stereocenters. The predicted octanol–water partition coefficient (Wildman–Crippen LogP) is 3.64. The lowest BCUT2D eigenvalue weighted by atomic mass is 10.2. The van der Waals surface area contributed by atoms with Gasteiger partial charge in [-0.1, -0.05) is 28.9 Å². The van der Waals surface area contributed by atoms with Crippen molar-refractivity contribution in [2.45, 2.75) is 0 Å². The van der Waals surface area contributed by atoms with E-state index in [4.69, 9.17) is 21.9 Å². The van der Waals surface area contributed by atoms with Crippen LogP contribution in [0.4, 0.5) is 5.69 Å². The fourth-order valence-electron chi connectivity index (χ4n) is 1.72. The van der Waals surface area contributed by atoms with Crippen molar-refractivity contribution in [2.75, 3.05) is 5.73 Å². The fourth-order valence-corrected chi connectivity index (χ4v) is 1.94. The number of halogens is 1. The third kappa shape index (κ3) is 2.30. The van der Waals surface area contributed by atoms with Crippen LogP contribution in [0.1, 0.15) is 0 Å². The third-order valence-electron chi connectivity index (χ3n) is 2.70. The highest BCUT2D eigenvalue weighted by molar-refractivity contribution is 6.33. The number of nitrogen functional groups attached to an aromatic ring is 1. The van der Waals surface area contributed by atoms with Crippen molar-refractivity contribution < 1.29 is 4.52 Å². The molecule has 0 amide bonds. The zero-order chi connectivity index (χ0) is 13.2. The summed E-state index contributed by atoms with van der Waals surface area (Å²) in [6.45, 7) is 0. The van der Waals surface area contributed by atoms with Crippen molar-refractivity contribution in [3.63, 3.8) is 0 Å². The molecule has 0 saturated carbocycles. The lowest BCUT2D eigenvalue weighted by Crippen LogP contribution is -1.84. The van der Waals surface area contributed by atoms with E-state index in [9.17, 15) is 0 Å². The molecule has 0 aliphatic carbocycles. The summed E-state index contributed by atoms with van der Waals surface area (Å²) in [7, 11) is 0. The van der Waals surface area contributed by atoms with Gasteiger partial charge >= 0.3 is 0 Å². The molecule has 1 aromatic heterocycles. The zero-order valence-electron chi connectivity index (χ0n) is 9.88. The SMILES string of the molecule is Nc1ccc(-c2nc(-c3ccccc3Cl)no2)cc1. The molecule has 0 radical (unpaired) electrons. The maximum atomic E-state index is 6.10. The van der Waals surface area contributed by atoms with E-state index < -0.39 is 0 Å². The van der Waals surface area contributed by atoms with Crippen molar-refractivity contribution in [1.82, 2.24) is 10.1 Å². The van der Waals surface area contributed by atoms with Crippen molar-refractivity contribution in [3.05, 3.63) is 53.6 Å². The second-order valence-corrected chi connectivity index (χ2v) is 4.43. The van der Waals surface area contributed by atoms with Gasteiger partial charge in [-0.3, -0.25) is 0 Å². The quantitative estimate of drug-likeness (QED) is 0.723. The van der Waals surface area contributed by atoms with Gasteiger partial charge in [-0.15, -0.1) is 0 Å². The van der Waals surface area contributed by atoms with Gasteiger partial charge in [0.25, 0.3) is 5.89 Å². The van der Waals surface area contributed by atoms with Crippen molar-refractivity contribution in [3.8, 4) is 22.8 Å². The van der Waals surface area contributed by atoms with Gasteiger partial charge in [-0.05, 0) is 36.4 Å². The molecular weight excluding hydrogens is 262 g/mol. The van der Waals surface area contributed by atoms with Crippen molar-refractivity contribution in [2.24, 2.45) is 0 Å². The van der Waals surface area contributed by atoms with Crippen LogP contribution in [0.3, 0.4) is 0 Å². The van der Waals surface area contributed by atoms with Crippen LogP contribution in [-0.4, -0.2) is 10.1 Å². The molecule has 5 heteroatoms. The van der Waals surface area contributed by atoms with Crippen molar-refractivity contribution in [1.29, 1.82) is 0 Å². The number of hydrogen-bond donors (Lipinski definition) is 1.